The highest BCUT2D eigenvalue weighted by molar-refractivity contribution is 6.34. The van der Waals surface area contributed by atoms with Crippen LogP contribution in [0, 0.1) is 0 Å². The third kappa shape index (κ3) is 2.94. The maximum Gasteiger partial charge on any atom is 0.165 e. The number of halogens is 2. The molecule has 0 bridgehead atoms. The van der Waals surface area contributed by atoms with Gasteiger partial charge in [0.1, 0.15) is 18.7 Å². The van der Waals surface area contributed by atoms with Crippen LogP contribution in [0.3, 0.4) is 0 Å². The molecule has 0 amide bonds. The van der Waals surface area contributed by atoms with Gasteiger partial charge in [0.15, 0.2) is 5.82 Å². The average molecular weight is 286 g/mol. The summed E-state index contributed by atoms with van der Waals surface area (Å²) in [5, 5.41) is 5.24. The fourth-order valence-electron chi connectivity index (χ4n) is 1.54. The van der Waals surface area contributed by atoms with E-state index in [0.29, 0.717) is 22.4 Å². The molecule has 1 aromatic heterocycles. The van der Waals surface area contributed by atoms with Crippen molar-refractivity contribution in [2.45, 2.75) is 26.5 Å². The Hall–Kier alpha value is -1.26. The van der Waals surface area contributed by atoms with Crippen LogP contribution < -0.4 is 4.74 Å². The Morgan fingerprint density at radius 1 is 1.33 bits per heavy atom. The van der Waals surface area contributed by atoms with Gasteiger partial charge < -0.3 is 4.74 Å². The van der Waals surface area contributed by atoms with Gasteiger partial charge in [-0.15, -0.1) is 0 Å². The Balaban J connectivity index is 2.11. The summed E-state index contributed by atoms with van der Waals surface area (Å²) in [5.74, 6) is 1.29. The number of hydrogen-bond donors (Lipinski definition) is 0. The van der Waals surface area contributed by atoms with Crippen molar-refractivity contribution in [2.24, 2.45) is 0 Å². The Bertz CT molecular complexity index is 540. The molecule has 0 N–H and O–H groups in total. The van der Waals surface area contributed by atoms with E-state index in [2.05, 4.69) is 10.1 Å². The van der Waals surface area contributed by atoms with Crippen LogP contribution in [-0.2, 0) is 6.61 Å². The molecule has 4 nitrogen and oxygen atoms in total. The molecule has 2 aromatic rings. The van der Waals surface area contributed by atoms with Gasteiger partial charge in [-0.1, -0.05) is 23.2 Å². The van der Waals surface area contributed by atoms with Crippen LogP contribution in [0.15, 0.2) is 24.5 Å². The molecule has 0 aliphatic rings. The summed E-state index contributed by atoms with van der Waals surface area (Å²) in [6, 6.07) is 5.33. The predicted octanol–water partition coefficient (Wildman–Crippen LogP) is 3.74. The van der Waals surface area contributed by atoms with E-state index in [-0.39, 0.29) is 6.04 Å². The molecule has 0 radical (unpaired) electrons. The van der Waals surface area contributed by atoms with Crippen molar-refractivity contribution in [3.8, 4) is 5.75 Å². The maximum atomic E-state index is 6.01. The van der Waals surface area contributed by atoms with Crippen molar-refractivity contribution in [1.29, 1.82) is 0 Å². The Kier molecular flexibility index (Phi) is 4.09. The van der Waals surface area contributed by atoms with Crippen LogP contribution in [0.1, 0.15) is 25.7 Å². The third-order valence-corrected chi connectivity index (χ3v) is 2.93. The largest absolute Gasteiger partial charge is 0.484 e. The standard InChI is InChI=1S/C12H13Cl2N3O/c1-8(2)17-12(15-7-16-17)6-18-11-5-9(13)3-4-10(11)14/h3-5,7-8H,6H2,1-2H3. The van der Waals surface area contributed by atoms with Crippen LogP contribution in [0.2, 0.25) is 10.0 Å². The highest BCUT2D eigenvalue weighted by atomic mass is 35.5. The molecule has 2 rings (SSSR count). The van der Waals surface area contributed by atoms with Crippen molar-refractivity contribution >= 4 is 23.2 Å². The normalized spacial score (nSPS) is 10.9. The van der Waals surface area contributed by atoms with Crippen LogP contribution in [0.5, 0.6) is 5.75 Å². The van der Waals surface area contributed by atoms with Gasteiger partial charge in [-0.25, -0.2) is 9.67 Å². The second kappa shape index (κ2) is 5.59. The highest BCUT2D eigenvalue weighted by Crippen LogP contribution is 2.28. The first kappa shape index (κ1) is 13.2. The monoisotopic (exact) mass is 285 g/mol. The molecule has 0 spiro atoms. The van der Waals surface area contributed by atoms with E-state index in [4.69, 9.17) is 27.9 Å². The van der Waals surface area contributed by atoms with Crippen molar-refractivity contribution in [3.05, 3.63) is 40.4 Å². The molecule has 0 saturated carbocycles. The van der Waals surface area contributed by atoms with Crippen molar-refractivity contribution in [3.63, 3.8) is 0 Å². The number of benzene rings is 1. The topological polar surface area (TPSA) is 39.9 Å². The van der Waals surface area contributed by atoms with E-state index in [1.165, 1.54) is 6.33 Å². The Morgan fingerprint density at radius 2 is 2.11 bits per heavy atom. The summed E-state index contributed by atoms with van der Waals surface area (Å²) in [7, 11) is 0. The van der Waals surface area contributed by atoms with E-state index in [1.54, 1.807) is 22.9 Å². The third-order valence-electron chi connectivity index (χ3n) is 2.39. The van der Waals surface area contributed by atoms with Crippen LogP contribution in [-0.4, -0.2) is 14.8 Å². The molecule has 0 saturated heterocycles. The fourth-order valence-corrected chi connectivity index (χ4v) is 1.87. The quantitative estimate of drug-likeness (QED) is 0.859. The van der Waals surface area contributed by atoms with E-state index in [1.807, 2.05) is 13.8 Å². The van der Waals surface area contributed by atoms with E-state index >= 15 is 0 Å². The molecule has 0 aliphatic carbocycles. The minimum absolute atomic E-state index is 0.237. The SMILES string of the molecule is CC(C)n1ncnc1COc1cc(Cl)ccc1Cl. The maximum absolute atomic E-state index is 6.01. The molecule has 1 heterocycles. The van der Waals surface area contributed by atoms with Gasteiger partial charge in [-0.2, -0.15) is 5.10 Å². The first-order chi connectivity index (χ1) is 8.58. The zero-order valence-corrected chi connectivity index (χ0v) is 11.6. The number of ether oxygens (including phenoxy) is 1. The van der Waals surface area contributed by atoms with Crippen molar-refractivity contribution in [2.75, 3.05) is 0 Å². The Labute approximate surface area is 115 Å². The minimum atomic E-state index is 0.237. The molecule has 18 heavy (non-hydrogen) atoms. The fraction of sp³-hybridized carbons (Fsp3) is 0.333. The zero-order valence-electron chi connectivity index (χ0n) is 10.1. The summed E-state index contributed by atoms with van der Waals surface area (Å²) in [4.78, 5) is 4.16. The molecule has 0 aliphatic heterocycles. The van der Waals surface area contributed by atoms with E-state index < -0.39 is 0 Å². The smallest absolute Gasteiger partial charge is 0.165 e. The van der Waals surface area contributed by atoms with Crippen LogP contribution >= 0.6 is 23.2 Å². The summed E-state index contributed by atoms with van der Waals surface area (Å²) in [6.07, 6.45) is 1.51. The molecule has 96 valence electrons. The van der Waals surface area contributed by atoms with E-state index in [9.17, 15) is 0 Å². The molecular weight excluding hydrogens is 273 g/mol. The molecule has 0 unspecified atom stereocenters. The lowest BCUT2D eigenvalue weighted by atomic mass is 10.3. The first-order valence-corrected chi connectivity index (χ1v) is 6.29. The summed E-state index contributed by atoms with van der Waals surface area (Å²) >= 11 is 11.9. The highest BCUT2D eigenvalue weighted by Gasteiger charge is 2.09. The average Bonchev–Trinajstić information content (AvgIpc) is 2.79. The van der Waals surface area contributed by atoms with Crippen molar-refractivity contribution < 1.29 is 4.74 Å². The number of aromatic nitrogens is 3. The van der Waals surface area contributed by atoms with Gasteiger partial charge in [-0.3, -0.25) is 0 Å². The minimum Gasteiger partial charge on any atom is -0.484 e. The summed E-state index contributed by atoms with van der Waals surface area (Å²) < 4.78 is 7.42. The number of hydrogen-bond acceptors (Lipinski definition) is 3. The van der Waals surface area contributed by atoms with Crippen molar-refractivity contribution in [1.82, 2.24) is 14.8 Å². The van der Waals surface area contributed by atoms with Crippen LogP contribution in [0.4, 0.5) is 0 Å². The van der Waals surface area contributed by atoms with Gasteiger partial charge in [-0.05, 0) is 26.0 Å². The number of nitrogens with zero attached hydrogens (tertiary/aromatic N) is 3. The lowest BCUT2D eigenvalue weighted by Crippen LogP contribution is -2.10. The van der Waals surface area contributed by atoms with Crippen LogP contribution in [0.25, 0.3) is 0 Å². The first-order valence-electron chi connectivity index (χ1n) is 5.54. The molecular formula is C12H13Cl2N3O. The second-order valence-corrected chi connectivity index (χ2v) is 4.92. The lowest BCUT2D eigenvalue weighted by molar-refractivity contribution is 0.282. The molecule has 1 aromatic carbocycles. The summed E-state index contributed by atoms with van der Waals surface area (Å²) in [6.45, 7) is 4.37. The molecule has 6 heteroatoms. The zero-order chi connectivity index (χ0) is 13.1. The van der Waals surface area contributed by atoms with Gasteiger partial charge >= 0.3 is 0 Å². The van der Waals surface area contributed by atoms with Gasteiger partial charge in [0, 0.05) is 17.1 Å². The Morgan fingerprint density at radius 3 is 2.83 bits per heavy atom. The summed E-state index contributed by atoms with van der Waals surface area (Å²) in [5.41, 5.74) is 0. The number of rotatable bonds is 4. The molecule has 0 atom stereocenters. The van der Waals surface area contributed by atoms with Gasteiger partial charge in [0.2, 0.25) is 0 Å². The second-order valence-electron chi connectivity index (χ2n) is 4.08. The van der Waals surface area contributed by atoms with Gasteiger partial charge in [0.25, 0.3) is 0 Å². The molecule has 0 fully saturated rings. The predicted molar refractivity (Wildman–Crippen MR) is 71.2 cm³/mol. The van der Waals surface area contributed by atoms with Gasteiger partial charge in [0.05, 0.1) is 5.02 Å². The lowest BCUT2D eigenvalue weighted by Gasteiger charge is -2.11. The van der Waals surface area contributed by atoms with E-state index in [0.717, 1.165) is 5.82 Å².